The van der Waals surface area contributed by atoms with Crippen LogP contribution >= 0.6 is 27.3 Å². The molecule has 0 aliphatic carbocycles. The molecule has 6 heteroatoms. The van der Waals surface area contributed by atoms with Gasteiger partial charge in [0.25, 0.3) is 0 Å². The quantitative estimate of drug-likeness (QED) is 0.655. The molecule has 0 saturated heterocycles. The SMILES string of the molecule is CCn1nc(C)cc1C(Cc1sccc1Br)NN. The zero-order chi connectivity index (χ0) is 13.1. The highest BCUT2D eigenvalue weighted by Gasteiger charge is 2.18. The summed E-state index contributed by atoms with van der Waals surface area (Å²) in [7, 11) is 0. The number of halogens is 1. The number of hydrogen-bond acceptors (Lipinski definition) is 4. The Balaban J connectivity index is 2.25. The number of nitrogens with zero attached hydrogens (tertiary/aromatic N) is 2. The van der Waals surface area contributed by atoms with Crippen molar-refractivity contribution in [2.75, 3.05) is 0 Å². The van der Waals surface area contributed by atoms with Crippen LogP contribution in [0.3, 0.4) is 0 Å². The first-order valence-corrected chi connectivity index (χ1v) is 7.55. The van der Waals surface area contributed by atoms with E-state index < -0.39 is 0 Å². The van der Waals surface area contributed by atoms with Gasteiger partial charge in [0, 0.05) is 22.3 Å². The minimum atomic E-state index is 0.0844. The maximum Gasteiger partial charge on any atom is 0.0677 e. The Kier molecular flexibility index (Phi) is 4.55. The summed E-state index contributed by atoms with van der Waals surface area (Å²) < 4.78 is 3.15. The van der Waals surface area contributed by atoms with E-state index >= 15 is 0 Å². The van der Waals surface area contributed by atoms with Crippen LogP contribution in [0.2, 0.25) is 0 Å². The maximum atomic E-state index is 5.70. The van der Waals surface area contributed by atoms with Gasteiger partial charge in [0.2, 0.25) is 0 Å². The summed E-state index contributed by atoms with van der Waals surface area (Å²) in [6.45, 7) is 4.95. The summed E-state index contributed by atoms with van der Waals surface area (Å²) in [5.41, 5.74) is 5.06. The summed E-state index contributed by atoms with van der Waals surface area (Å²) in [6.07, 6.45) is 0.861. The molecule has 0 saturated carbocycles. The second kappa shape index (κ2) is 5.97. The van der Waals surface area contributed by atoms with Crippen LogP contribution in [0.25, 0.3) is 0 Å². The van der Waals surface area contributed by atoms with Crippen LogP contribution in [0.15, 0.2) is 22.0 Å². The van der Waals surface area contributed by atoms with Crippen LogP contribution in [0.1, 0.15) is 29.2 Å². The third-order valence-electron chi connectivity index (χ3n) is 2.87. The molecule has 2 rings (SSSR count). The van der Waals surface area contributed by atoms with Gasteiger partial charge in [0.1, 0.15) is 0 Å². The monoisotopic (exact) mass is 328 g/mol. The molecule has 1 atom stereocenters. The van der Waals surface area contributed by atoms with Crippen molar-refractivity contribution in [1.29, 1.82) is 0 Å². The molecule has 0 amide bonds. The Hall–Kier alpha value is -0.690. The number of thiophene rings is 1. The average Bonchev–Trinajstić information content (AvgIpc) is 2.92. The van der Waals surface area contributed by atoms with E-state index in [0.29, 0.717) is 0 Å². The number of aromatic nitrogens is 2. The molecule has 2 aromatic rings. The van der Waals surface area contributed by atoms with Crippen LogP contribution in [-0.4, -0.2) is 9.78 Å². The molecule has 0 bridgehead atoms. The predicted molar refractivity (Wildman–Crippen MR) is 78.4 cm³/mol. The summed E-state index contributed by atoms with van der Waals surface area (Å²) in [5.74, 6) is 5.70. The fourth-order valence-electron chi connectivity index (χ4n) is 2.00. The molecule has 2 aromatic heterocycles. The largest absolute Gasteiger partial charge is 0.271 e. The third-order valence-corrected chi connectivity index (χ3v) is 4.82. The summed E-state index contributed by atoms with van der Waals surface area (Å²) in [4.78, 5) is 1.29. The standard InChI is InChI=1S/C12H17BrN4S/c1-3-17-11(6-8(2)16-17)10(15-14)7-12-9(13)4-5-18-12/h4-6,10,15H,3,7,14H2,1-2H3. The second-order valence-corrected chi connectivity index (χ2v) is 6.00. The summed E-state index contributed by atoms with van der Waals surface area (Å²) >= 11 is 5.29. The lowest BCUT2D eigenvalue weighted by molar-refractivity contribution is 0.492. The predicted octanol–water partition coefficient (Wildman–Crippen LogP) is 2.78. The Bertz CT molecular complexity index is 520. The van der Waals surface area contributed by atoms with E-state index in [9.17, 15) is 0 Å². The second-order valence-electron chi connectivity index (χ2n) is 4.14. The molecule has 0 aromatic carbocycles. The molecule has 3 N–H and O–H groups in total. The molecule has 1 unspecified atom stereocenters. The Labute approximate surface area is 119 Å². The van der Waals surface area contributed by atoms with E-state index in [1.807, 2.05) is 11.6 Å². The summed E-state index contributed by atoms with van der Waals surface area (Å²) in [5, 5.41) is 6.54. The van der Waals surface area contributed by atoms with Gasteiger partial charge >= 0.3 is 0 Å². The third kappa shape index (κ3) is 2.83. The van der Waals surface area contributed by atoms with Crippen molar-refractivity contribution >= 4 is 27.3 Å². The van der Waals surface area contributed by atoms with Crippen LogP contribution in [0, 0.1) is 6.92 Å². The number of nitrogens with two attached hydrogens (primary N) is 1. The fraction of sp³-hybridized carbons (Fsp3) is 0.417. The summed E-state index contributed by atoms with van der Waals surface area (Å²) in [6, 6.07) is 4.24. The molecule has 18 heavy (non-hydrogen) atoms. The van der Waals surface area contributed by atoms with Crippen molar-refractivity contribution in [2.45, 2.75) is 32.9 Å². The molecule has 98 valence electrons. The molecular formula is C12H17BrN4S. The lowest BCUT2D eigenvalue weighted by Gasteiger charge is -2.16. The first kappa shape index (κ1) is 13.7. The van der Waals surface area contributed by atoms with Gasteiger partial charge in [-0.25, -0.2) is 0 Å². The first-order valence-electron chi connectivity index (χ1n) is 5.88. The number of hydrogen-bond donors (Lipinski definition) is 2. The number of hydrazine groups is 1. The first-order chi connectivity index (χ1) is 8.65. The number of nitrogens with one attached hydrogen (secondary N) is 1. The minimum absolute atomic E-state index is 0.0844. The van der Waals surface area contributed by atoms with Gasteiger partial charge < -0.3 is 0 Å². The molecule has 2 heterocycles. The normalized spacial score (nSPS) is 12.9. The van der Waals surface area contributed by atoms with Gasteiger partial charge in [-0.1, -0.05) is 0 Å². The highest BCUT2D eigenvalue weighted by atomic mass is 79.9. The van der Waals surface area contributed by atoms with Gasteiger partial charge in [0.15, 0.2) is 0 Å². The Morgan fingerprint density at radius 2 is 2.39 bits per heavy atom. The highest BCUT2D eigenvalue weighted by molar-refractivity contribution is 9.10. The highest BCUT2D eigenvalue weighted by Crippen LogP contribution is 2.28. The molecular weight excluding hydrogens is 312 g/mol. The molecule has 4 nitrogen and oxygen atoms in total. The van der Waals surface area contributed by atoms with E-state index in [-0.39, 0.29) is 6.04 Å². The van der Waals surface area contributed by atoms with Gasteiger partial charge in [0.05, 0.1) is 17.4 Å². The van der Waals surface area contributed by atoms with Gasteiger partial charge in [-0.05, 0) is 47.3 Å². The van der Waals surface area contributed by atoms with Crippen molar-refractivity contribution in [2.24, 2.45) is 5.84 Å². The topological polar surface area (TPSA) is 55.9 Å². The Morgan fingerprint density at radius 3 is 2.94 bits per heavy atom. The molecule has 0 radical (unpaired) electrons. The maximum absolute atomic E-state index is 5.70. The molecule has 0 spiro atoms. The Morgan fingerprint density at radius 1 is 1.61 bits per heavy atom. The number of aryl methyl sites for hydroxylation is 2. The van der Waals surface area contributed by atoms with Crippen LogP contribution in [-0.2, 0) is 13.0 Å². The minimum Gasteiger partial charge on any atom is -0.271 e. The van der Waals surface area contributed by atoms with Crippen molar-refractivity contribution in [1.82, 2.24) is 15.2 Å². The van der Waals surface area contributed by atoms with E-state index in [4.69, 9.17) is 5.84 Å². The molecule has 0 aliphatic rings. The lowest BCUT2D eigenvalue weighted by atomic mass is 10.1. The average molecular weight is 329 g/mol. The molecule has 0 aliphatic heterocycles. The van der Waals surface area contributed by atoms with E-state index in [1.165, 1.54) is 4.88 Å². The van der Waals surface area contributed by atoms with Crippen LogP contribution in [0.5, 0.6) is 0 Å². The van der Waals surface area contributed by atoms with Crippen molar-refractivity contribution in [3.05, 3.63) is 38.3 Å². The zero-order valence-electron chi connectivity index (χ0n) is 10.5. The smallest absolute Gasteiger partial charge is 0.0677 e. The van der Waals surface area contributed by atoms with E-state index in [0.717, 1.165) is 28.8 Å². The van der Waals surface area contributed by atoms with Crippen molar-refractivity contribution in [3.63, 3.8) is 0 Å². The van der Waals surface area contributed by atoms with E-state index in [1.54, 1.807) is 11.3 Å². The van der Waals surface area contributed by atoms with Gasteiger partial charge in [-0.15, -0.1) is 11.3 Å². The van der Waals surface area contributed by atoms with Crippen molar-refractivity contribution in [3.8, 4) is 0 Å². The van der Waals surface area contributed by atoms with Crippen molar-refractivity contribution < 1.29 is 0 Å². The lowest BCUT2D eigenvalue weighted by Crippen LogP contribution is -2.31. The van der Waals surface area contributed by atoms with E-state index in [2.05, 4.69) is 50.9 Å². The van der Waals surface area contributed by atoms with Gasteiger partial charge in [-0.3, -0.25) is 16.0 Å². The zero-order valence-corrected chi connectivity index (χ0v) is 12.9. The fourth-order valence-corrected chi connectivity index (χ4v) is 3.57. The van der Waals surface area contributed by atoms with Gasteiger partial charge in [-0.2, -0.15) is 5.10 Å². The van der Waals surface area contributed by atoms with Crippen LogP contribution in [0.4, 0.5) is 0 Å². The number of rotatable bonds is 5. The van der Waals surface area contributed by atoms with Crippen LogP contribution < -0.4 is 11.3 Å². The molecule has 0 fully saturated rings.